The molecule has 0 bridgehead atoms. The van der Waals surface area contributed by atoms with E-state index in [-0.39, 0.29) is 111 Å². The van der Waals surface area contributed by atoms with Crippen molar-refractivity contribution in [3.05, 3.63) is 34.4 Å². The lowest BCUT2D eigenvalue weighted by molar-refractivity contribution is -0.384. The maximum absolute atomic E-state index is 13.1. The van der Waals surface area contributed by atoms with E-state index in [1.807, 2.05) is 4.90 Å². The van der Waals surface area contributed by atoms with Crippen LogP contribution in [0, 0.1) is 112 Å². The zero-order valence-corrected chi connectivity index (χ0v) is 59.6. The SMILES string of the molecule is C.CO[C@@H]([C@H]1C[C@@H](C)[C@H]2[C@H](O1)[C@H](O)[C@@]1(C)[C@@H]3CC[C@H]4C(C)(C)[C@@H](O)CC[C@@]45C[C@@]35CC[C@]21C)C(C)(C)O.CO[C@@H]([C@H]1C[C@@H](C)[C@H]2[C@H](O1)[C@H](O)[C@@]1(C)[C@@H]3CC[C@H]4C(C)(C)[C@@H](OC(=O)N5CCOCC5)CC[C@@]45C[C@@]35CC[C@]21C)C(C)(C)O.O=C(Cl)Oc1ccc([N+](=O)[O-])cc1. The Balaban J connectivity index is 0.000000162. The van der Waals surface area contributed by atoms with E-state index in [1.54, 1.807) is 41.9 Å². The number of nitro benzene ring substituents is 1. The topological polar surface area (TPSA) is 246 Å². The number of morpholine rings is 1. The molecule has 532 valence electrons. The lowest BCUT2D eigenvalue weighted by Gasteiger charge is -2.63. The van der Waals surface area contributed by atoms with Gasteiger partial charge in [0.25, 0.3) is 5.69 Å². The Labute approximate surface area is 565 Å². The number of nitro groups is 1. The molecule has 4 spiro atoms. The predicted molar refractivity (Wildman–Crippen MR) is 357 cm³/mol. The molecule has 13 fully saturated rings. The minimum absolute atomic E-state index is 0. The van der Waals surface area contributed by atoms with Crippen molar-refractivity contribution in [3.63, 3.8) is 0 Å². The van der Waals surface area contributed by atoms with Gasteiger partial charge in [0.15, 0.2) is 0 Å². The number of nitrogens with zero attached hydrogens (tertiary/aromatic N) is 2. The zero-order chi connectivity index (χ0) is 67.8. The predicted octanol–water partition coefficient (Wildman–Crippen LogP) is 13.3. The van der Waals surface area contributed by atoms with Crippen LogP contribution in [0.25, 0.3) is 0 Å². The number of rotatable bonds is 9. The van der Waals surface area contributed by atoms with Crippen molar-refractivity contribution in [1.29, 1.82) is 0 Å². The second kappa shape index (κ2) is 24.2. The van der Waals surface area contributed by atoms with E-state index in [4.69, 9.17) is 40.0 Å². The molecule has 0 radical (unpaired) electrons. The number of halogens is 1. The fraction of sp³-hybridized carbons (Fsp3) is 0.893. The summed E-state index contributed by atoms with van der Waals surface area (Å²) in [6.45, 7) is 33.4. The summed E-state index contributed by atoms with van der Waals surface area (Å²) >= 11 is 4.92. The summed E-state index contributed by atoms with van der Waals surface area (Å²) in [5.41, 5.74) is -2.38. The number of hydrogen-bond donors (Lipinski definition) is 5. The van der Waals surface area contributed by atoms with Gasteiger partial charge in [0.2, 0.25) is 0 Å². The van der Waals surface area contributed by atoms with Crippen LogP contribution in [-0.4, -0.2) is 160 Å². The molecule has 3 saturated heterocycles. The number of benzene rings is 1. The summed E-state index contributed by atoms with van der Waals surface area (Å²) in [6.07, 6.45) is 14.5. The number of non-ortho nitro benzene ring substituents is 1. The van der Waals surface area contributed by atoms with Crippen LogP contribution in [0.15, 0.2) is 24.3 Å². The summed E-state index contributed by atoms with van der Waals surface area (Å²) in [5, 5.41) is 67.6. The van der Waals surface area contributed by atoms with Crippen LogP contribution in [-0.2, 0) is 28.4 Å². The standard InChI is InChI=1S/C36H59NO7.C31H52O5.C7H4ClNO4.CH4/c1-21-19-22(29(41-8)32(4,5)40)43-27-26(21)33(6)13-14-36-20-35(36)12-11-25(44-30(39)37-15-17-42-18-16-37)31(2,3)23(35)9-10-24(36)34(33,7)28(27)38;1-17-15-18(25(35-8)27(4,5)34)36-23-22(17)28(6)13-14-31-16-30(31)12-11-21(32)26(2,3)19(30)9-10-20(31)29(28,7)24(23)33;8-7(10)13-6-3-1-5(2-4-6)9(11)12;/h21-29,38,40H,9-20H2,1-8H3;17-25,32-34H,9-16H2,1-8H3;1-4H;1H4/t21-,22-,23+,24+,25+,26+,27+,28+,29+,33-,34-,35-,36+;17-,18-,19+,20+,21+,22+,23+,24+,25+,28-,29-,30-,31+;;/m11../s1. The molecule has 18 nitrogen and oxygen atoms in total. The van der Waals surface area contributed by atoms with Crippen molar-refractivity contribution in [2.24, 2.45) is 101 Å². The molecule has 10 aliphatic carbocycles. The molecule has 5 N–H and O–H groups in total. The summed E-state index contributed by atoms with van der Waals surface area (Å²) in [4.78, 5) is 34.9. The highest BCUT2D eigenvalue weighted by Crippen LogP contribution is 2.91. The quantitative estimate of drug-likeness (QED) is 0.0876. The monoisotopic (exact) mass is 1340 g/mol. The second-order valence-electron chi connectivity index (χ2n) is 35.8. The van der Waals surface area contributed by atoms with Crippen LogP contribution in [0.5, 0.6) is 5.75 Å². The minimum Gasteiger partial charge on any atom is -0.446 e. The molecule has 3 aliphatic heterocycles. The lowest BCUT2D eigenvalue weighted by Crippen LogP contribution is -2.60. The van der Waals surface area contributed by atoms with Crippen LogP contribution in [0.3, 0.4) is 0 Å². The van der Waals surface area contributed by atoms with Gasteiger partial charge in [-0.3, -0.25) is 10.1 Å². The minimum atomic E-state index is -1.03. The number of hydrogen-bond acceptors (Lipinski definition) is 16. The molecule has 19 heteroatoms. The molecule has 94 heavy (non-hydrogen) atoms. The first-order chi connectivity index (χ1) is 43.3. The van der Waals surface area contributed by atoms with Gasteiger partial charge < -0.3 is 63.6 Å². The van der Waals surface area contributed by atoms with Gasteiger partial charge in [-0.25, -0.2) is 9.59 Å². The van der Waals surface area contributed by atoms with E-state index in [0.29, 0.717) is 78.6 Å². The van der Waals surface area contributed by atoms with Crippen molar-refractivity contribution < 1.29 is 73.2 Å². The van der Waals surface area contributed by atoms with Crippen molar-refractivity contribution in [2.45, 2.75) is 279 Å². The third-order valence-electron chi connectivity index (χ3n) is 30.9. The maximum atomic E-state index is 13.1. The lowest BCUT2D eigenvalue weighted by atomic mass is 9.41. The van der Waals surface area contributed by atoms with Gasteiger partial charge in [-0.2, -0.15) is 0 Å². The first-order valence-electron chi connectivity index (χ1n) is 35.8. The molecule has 0 aromatic heterocycles. The summed E-state index contributed by atoms with van der Waals surface area (Å²) in [7, 11) is 3.32. The van der Waals surface area contributed by atoms with Crippen LogP contribution in [0.4, 0.5) is 15.3 Å². The zero-order valence-electron chi connectivity index (χ0n) is 58.8. The molecule has 1 aromatic rings. The van der Waals surface area contributed by atoms with E-state index in [2.05, 4.69) is 74.0 Å². The second-order valence-corrected chi connectivity index (χ2v) is 36.1. The van der Waals surface area contributed by atoms with E-state index >= 15 is 0 Å². The number of aliphatic hydroxyl groups excluding tert-OH is 3. The number of ether oxygens (including phenoxy) is 7. The molecule has 26 atom stereocenters. The Morgan fingerprint density at radius 1 is 0.638 bits per heavy atom. The first kappa shape index (κ1) is 72.5. The van der Waals surface area contributed by atoms with Gasteiger partial charge in [-0.05, 0) is 228 Å². The molecular formula is C75H119ClN2O16. The largest absolute Gasteiger partial charge is 0.446 e. The molecule has 10 saturated carbocycles. The average Bonchev–Trinajstić information content (AvgIpc) is 1.47. The van der Waals surface area contributed by atoms with Gasteiger partial charge in [-0.15, -0.1) is 0 Å². The van der Waals surface area contributed by atoms with Crippen LogP contribution < -0.4 is 4.74 Å². The number of carbonyl (C=O) groups excluding carboxylic acids is 2. The van der Waals surface area contributed by atoms with Gasteiger partial charge in [0.1, 0.15) is 24.1 Å². The van der Waals surface area contributed by atoms with Crippen LogP contribution in [0.2, 0.25) is 0 Å². The average molecular weight is 1340 g/mol. The fourth-order valence-corrected chi connectivity index (χ4v) is 26.8. The van der Waals surface area contributed by atoms with E-state index < -0.39 is 46.0 Å². The summed E-state index contributed by atoms with van der Waals surface area (Å²) in [6, 6.07) is 5.02. The Kier molecular flexibility index (Phi) is 18.7. The number of carbonyl (C=O) groups is 2. The van der Waals surface area contributed by atoms with Crippen LogP contribution in [0.1, 0.15) is 207 Å². The Morgan fingerprint density at radius 3 is 1.47 bits per heavy atom. The number of fused-ring (bicyclic) bond motifs is 8. The molecule has 14 rings (SSSR count). The van der Waals surface area contributed by atoms with E-state index in [1.165, 1.54) is 56.4 Å². The number of methoxy groups -OCH3 is 2. The molecular weight excluding hydrogens is 1220 g/mol. The normalized spacial score (nSPS) is 47.7. The Hall–Kier alpha value is -2.75. The third kappa shape index (κ3) is 10.3. The Bertz CT molecular complexity index is 2990. The van der Waals surface area contributed by atoms with Crippen molar-refractivity contribution in [2.75, 3.05) is 40.5 Å². The third-order valence-corrected chi connectivity index (χ3v) is 31.0. The molecule has 3 heterocycles. The molecule has 1 amide bonds. The van der Waals surface area contributed by atoms with E-state index in [9.17, 15) is 45.2 Å². The van der Waals surface area contributed by atoms with E-state index in [0.717, 1.165) is 70.6 Å². The molecule has 13 aliphatic rings. The summed E-state index contributed by atoms with van der Waals surface area (Å²) < 4.78 is 41.5. The van der Waals surface area contributed by atoms with Gasteiger partial charge in [0, 0.05) is 67.3 Å². The number of amides is 1. The molecule has 0 unspecified atom stereocenters. The fourth-order valence-electron chi connectivity index (χ4n) is 26.7. The van der Waals surface area contributed by atoms with Crippen molar-refractivity contribution in [1.82, 2.24) is 4.90 Å². The van der Waals surface area contributed by atoms with Gasteiger partial charge in [-0.1, -0.05) is 76.7 Å². The summed E-state index contributed by atoms with van der Waals surface area (Å²) in [5.74, 6) is 3.62. The van der Waals surface area contributed by atoms with Crippen LogP contribution >= 0.6 is 11.6 Å². The van der Waals surface area contributed by atoms with Gasteiger partial charge >= 0.3 is 11.5 Å². The highest BCUT2D eigenvalue weighted by Gasteiger charge is 2.87. The van der Waals surface area contributed by atoms with Gasteiger partial charge in [0.05, 0.1) is 72.1 Å². The number of aliphatic hydroxyl groups is 5. The molecule has 1 aromatic carbocycles. The highest BCUT2D eigenvalue weighted by atomic mass is 35.5. The van der Waals surface area contributed by atoms with Crippen molar-refractivity contribution >= 4 is 28.8 Å². The Morgan fingerprint density at radius 2 is 1.05 bits per heavy atom. The highest BCUT2D eigenvalue weighted by molar-refractivity contribution is 6.61. The first-order valence-corrected chi connectivity index (χ1v) is 36.2. The van der Waals surface area contributed by atoms with Crippen molar-refractivity contribution in [3.8, 4) is 5.75 Å². The smallest absolute Gasteiger partial charge is 0.410 e. The maximum Gasteiger partial charge on any atom is 0.410 e.